The molecule has 1 saturated carbocycles. The van der Waals surface area contributed by atoms with Crippen LogP contribution in [0.15, 0.2) is 18.2 Å². The highest BCUT2D eigenvalue weighted by atomic mass is 19.2. The van der Waals surface area contributed by atoms with Gasteiger partial charge in [-0.1, -0.05) is 0 Å². The van der Waals surface area contributed by atoms with Crippen molar-refractivity contribution in [2.24, 2.45) is 0 Å². The van der Waals surface area contributed by atoms with Gasteiger partial charge in [-0.15, -0.1) is 0 Å². The Balaban J connectivity index is 1.80. The zero-order valence-electron chi connectivity index (χ0n) is 13.8. The summed E-state index contributed by atoms with van der Waals surface area (Å²) in [5.74, 6) is -12.2. The number of nitrogens with one attached hydrogen (secondary N) is 3. The van der Waals surface area contributed by atoms with Crippen LogP contribution in [0.2, 0.25) is 0 Å². The monoisotopic (exact) mass is 402 g/mol. The summed E-state index contributed by atoms with van der Waals surface area (Å²) in [6, 6.07) is 3.51. The Morgan fingerprint density at radius 2 is 1.57 bits per heavy atom. The molecule has 2 aromatic carbocycles. The SMILES string of the molecule is O=C(NNc1c(F)c(F)c(F)c(F)c1F)c1ccc(NC2CC2)c([N+](=O)[O-])c1. The number of rotatable bonds is 6. The van der Waals surface area contributed by atoms with E-state index in [9.17, 15) is 36.9 Å². The van der Waals surface area contributed by atoms with Gasteiger partial charge in [0.1, 0.15) is 11.4 Å². The first kappa shape index (κ1) is 19.3. The van der Waals surface area contributed by atoms with E-state index in [1.807, 2.05) is 0 Å². The van der Waals surface area contributed by atoms with Gasteiger partial charge in [0.15, 0.2) is 23.3 Å². The molecule has 0 aliphatic heterocycles. The van der Waals surface area contributed by atoms with Gasteiger partial charge < -0.3 is 5.32 Å². The van der Waals surface area contributed by atoms with Crippen LogP contribution in [0.25, 0.3) is 0 Å². The van der Waals surface area contributed by atoms with Crippen molar-refractivity contribution in [2.75, 3.05) is 10.7 Å². The minimum Gasteiger partial charge on any atom is -0.377 e. The Labute approximate surface area is 153 Å². The van der Waals surface area contributed by atoms with Gasteiger partial charge in [0.2, 0.25) is 5.82 Å². The Kier molecular flexibility index (Phi) is 5.03. The standard InChI is InChI=1S/C16H11F5N4O3/c17-10-11(18)13(20)15(14(21)12(10)19)23-24-16(26)6-1-4-8(22-7-2-3-7)9(5-6)25(27)28/h1,4-5,7,22-23H,2-3H2,(H,24,26). The van der Waals surface area contributed by atoms with Gasteiger partial charge in [0, 0.05) is 17.7 Å². The first-order valence-electron chi connectivity index (χ1n) is 7.83. The fourth-order valence-corrected chi connectivity index (χ4v) is 2.30. The van der Waals surface area contributed by atoms with Crippen molar-refractivity contribution in [1.29, 1.82) is 0 Å². The maximum absolute atomic E-state index is 13.6. The van der Waals surface area contributed by atoms with Crippen LogP contribution in [0.3, 0.4) is 0 Å². The van der Waals surface area contributed by atoms with Crippen LogP contribution < -0.4 is 16.2 Å². The highest BCUT2D eigenvalue weighted by molar-refractivity contribution is 5.96. The molecule has 0 spiro atoms. The van der Waals surface area contributed by atoms with Crippen molar-refractivity contribution in [2.45, 2.75) is 18.9 Å². The molecule has 0 aromatic heterocycles. The third-order valence-corrected chi connectivity index (χ3v) is 3.90. The van der Waals surface area contributed by atoms with E-state index >= 15 is 0 Å². The Morgan fingerprint density at radius 1 is 1.00 bits per heavy atom. The van der Waals surface area contributed by atoms with Gasteiger partial charge in [-0.2, -0.15) is 0 Å². The van der Waals surface area contributed by atoms with Crippen molar-refractivity contribution in [1.82, 2.24) is 5.43 Å². The normalized spacial score (nSPS) is 13.2. The summed E-state index contributed by atoms with van der Waals surface area (Å²) in [5, 5.41) is 14.1. The second-order valence-electron chi connectivity index (χ2n) is 5.93. The highest BCUT2D eigenvalue weighted by Gasteiger charge is 2.27. The minimum atomic E-state index is -2.35. The van der Waals surface area contributed by atoms with Crippen LogP contribution in [-0.4, -0.2) is 16.9 Å². The molecule has 12 heteroatoms. The Morgan fingerprint density at radius 3 is 2.11 bits per heavy atom. The molecular weight excluding hydrogens is 391 g/mol. The van der Waals surface area contributed by atoms with Crippen molar-refractivity contribution in [3.63, 3.8) is 0 Å². The lowest BCUT2D eigenvalue weighted by atomic mass is 10.1. The molecule has 2 aromatic rings. The summed E-state index contributed by atoms with van der Waals surface area (Å²) in [6.45, 7) is 0. The van der Waals surface area contributed by atoms with E-state index in [0.717, 1.165) is 18.9 Å². The fraction of sp³-hybridized carbons (Fsp3) is 0.188. The van der Waals surface area contributed by atoms with Crippen LogP contribution in [0.1, 0.15) is 23.2 Å². The number of hydrogen-bond donors (Lipinski definition) is 3. The largest absolute Gasteiger partial charge is 0.377 e. The van der Waals surface area contributed by atoms with Crippen molar-refractivity contribution in [3.05, 3.63) is 63.0 Å². The summed E-state index contributed by atoms with van der Waals surface area (Å²) in [5.41, 5.74) is 1.40. The molecule has 0 bridgehead atoms. The molecule has 1 amide bonds. The van der Waals surface area contributed by atoms with E-state index in [1.54, 1.807) is 10.9 Å². The molecule has 0 radical (unpaired) electrons. The number of amides is 1. The molecule has 0 atom stereocenters. The molecule has 3 N–H and O–H groups in total. The highest BCUT2D eigenvalue weighted by Crippen LogP contribution is 2.31. The maximum Gasteiger partial charge on any atom is 0.293 e. The first-order valence-corrected chi connectivity index (χ1v) is 7.83. The molecule has 0 saturated heterocycles. The summed E-state index contributed by atoms with van der Waals surface area (Å²) in [7, 11) is 0. The number of halogens is 5. The van der Waals surface area contributed by atoms with Crippen LogP contribution in [0, 0.1) is 39.2 Å². The molecule has 148 valence electrons. The van der Waals surface area contributed by atoms with Crippen molar-refractivity contribution >= 4 is 23.0 Å². The summed E-state index contributed by atoms with van der Waals surface area (Å²) >= 11 is 0. The second-order valence-corrected chi connectivity index (χ2v) is 5.93. The van der Waals surface area contributed by atoms with Gasteiger partial charge >= 0.3 is 0 Å². The number of anilines is 2. The predicted octanol–water partition coefficient (Wildman–Crippen LogP) is 3.62. The molecule has 1 fully saturated rings. The number of nitrogens with zero attached hydrogens (tertiary/aromatic N) is 1. The molecule has 0 unspecified atom stereocenters. The Hall–Kier alpha value is -3.44. The maximum atomic E-state index is 13.6. The molecule has 1 aliphatic carbocycles. The fourth-order valence-electron chi connectivity index (χ4n) is 2.30. The molecule has 1 aliphatic rings. The topological polar surface area (TPSA) is 96.3 Å². The van der Waals surface area contributed by atoms with Crippen molar-refractivity contribution < 1.29 is 31.7 Å². The van der Waals surface area contributed by atoms with Crippen LogP contribution in [0.4, 0.5) is 39.0 Å². The second kappa shape index (κ2) is 7.29. The van der Waals surface area contributed by atoms with Gasteiger partial charge in [-0.3, -0.25) is 25.8 Å². The summed E-state index contributed by atoms with van der Waals surface area (Å²) in [4.78, 5) is 22.5. The van der Waals surface area contributed by atoms with Gasteiger partial charge in [0.25, 0.3) is 11.6 Å². The first-order chi connectivity index (χ1) is 13.2. The molecule has 7 nitrogen and oxygen atoms in total. The molecule has 0 heterocycles. The number of benzene rings is 2. The van der Waals surface area contributed by atoms with E-state index < -0.39 is 51.3 Å². The van der Waals surface area contributed by atoms with E-state index in [4.69, 9.17) is 0 Å². The van der Waals surface area contributed by atoms with Crippen LogP contribution in [-0.2, 0) is 0 Å². The average Bonchev–Trinajstić information content (AvgIpc) is 3.48. The summed E-state index contributed by atoms with van der Waals surface area (Å²) in [6.07, 6.45) is 1.70. The quantitative estimate of drug-likeness (QED) is 0.226. The third-order valence-electron chi connectivity index (χ3n) is 3.90. The smallest absolute Gasteiger partial charge is 0.293 e. The summed E-state index contributed by atoms with van der Waals surface area (Å²) < 4.78 is 66.4. The number of hydrazine groups is 1. The zero-order chi connectivity index (χ0) is 20.6. The zero-order valence-corrected chi connectivity index (χ0v) is 13.8. The van der Waals surface area contributed by atoms with E-state index in [0.29, 0.717) is 0 Å². The van der Waals surface area contributed by atoms with Gasteiger partial charge in [-0.05, 0) is 25.0 Å². The molecule has 28 heavy (non-hydrogen) atoms. The molecular formula is C16H11F5N4O3. The number of carbonyl (C=O) groups is 1. The van der Waals surface area contributed by atoms with Gasteiger partial charge in [-0.25, -0.2) is 22.0 Å². The number of hydrogen-bond acceptors (Lipinski definition) is 5. The van der Waals surface area contributed by atoms with Crippen LogP contribution in [0.5, 0.6) is 0 Å². The van der Waals surface area contributed by atoms with E-state index in [2.05, 4.69) is 5.32 Å². The minimum absolute atomic E-state index is 0.106. The van der Waals surface area contributed by atoms with E-state index in [-0.39, 0.29) is 17.3 Å². The van der Waals surface area contributed by atoms with E-state index in [1.165, 1.54) is 12.1 Å². The van der Waals surface area contributed by atoms with Crippen LogP contribution >= 0.6 is 0 Å². The lowest BCUT2D eigenvalue weighted by molar-refractivity contribution is -0.384. The molecule has 3 rings (SSSR count). The number of carbonyl (C=O) groups excluding carboxylic acids is 1. The third kappa shape index (κ3) is 3.66. The average molecular weight is 402 g/mol. The Bertz CT molecular complexity index is 952. The number of nitro benzene ring substituents is 1. The predicted molar refractivity (Wildman–Crippen MR) is 87.1 cm³/mol. The lowest BCUT2D eigenvalue weighted by Crippen LogP contribution is -2.31. The number of nitro groups is 1. The lowest BCUT2D eigenvalue weighted by Gasteiger charge is -2.12. The van der Waals surface area contributed by atoms with Gasteiger partial charge in [0.05, 0.1) is 4.92 Å². The van der Waals surface area contributed by atoms with Crippen molar-refractivity contribution in [3.8, 4) is 0 Å².